The second kappa shape index (κ2) is 34.7. The number of halogens is 6. The van der Waals surface area contributed by atoms with Crippen LogP contribution >= 0.6 is 15.9 Å². The van der Waals surface area contributed by atoms with Crippen LogP contribution < -0.4 is 24.9 Å². The Labute approximate surface area is 546 Å². The molecule has 5 fully saturated rings. The Kier molecular flexibility index (Phi) is 27.1. The third kappa shape index (κ3) is 21.0. The van der Waals surface area contributed by atoms with E-state index in [-0.39, 0.29) is 145 Å². The maximum atomic E-state index is 13.3. The van der Waals surface area contributed by atoms with Gasteiger partial charge in [-0.1, -0.05) is 15.9 Å². The number of rotatable bonds is 9. The van der Waals surface area contributed by atoms with Crippen LogP contribution in [0.2, 0.25) is 0 Å². The molecular weight excluding hydrogens is 1320 g/mol. The van der Waals surface area contributed by atoms with Crippen molar-refractivity contribution in [2.45, 2.75) is 32.1 Å². The summed E-state index contributed by atoms with van der Waals surface area (Å²) in [7, 11) is 5.09. The summed E-state index contributed by atoms with van der Waals surface area (Å²) in [6.07, 6.45) is 0.266. The number of carbonyl (C=O) groups is 10. The lowest BCUT2D eigenvalue weighted by Gasteiger charge is -2.16. The Hall–Kier alpha value is -11.6. The van der Waals surface area contributed by atoms with E-state index in [1.165, 1.54) is 103 Å². The van der Waals surface area contributed by atoms with Crippen LogP contribution in [0.15, 0.2) is 95.5 Å². The van der Waals surface area contributed by atoms with Crippen molar-refractivity contribution in [2.75, 3.05) is 80.8 Å². The quantitative estimate of drug-likeness (QED) is 0.0896. The van der Waals surface area contributed by atoms with Crippen LogP contribution in [0.5, 0.6) is 0 Å². The maximum Gasteiger partial charge on any atom is 0.311 e. The molecule has 5 aromatic rings. The summed E-state index contributed by atoms with van der Waals surface area (Å²) < 4.78 is 84.5. The molecule has 0 bridgehead atoms. The van der Waals surface area contributed by atoms with Gasteiger partial charge >= 0.3 is 29.8 Å². The van der Waals surface area contributed by atoms with Gasteiger partial charge in [0.15, 0.2) is 0 Å². The van der Waals surface area contributed by atoms with Crippen molar-refractivity contribution in [1.82, 2.24) is 5.32 Å². The number of carboxylic acids is 1. The fourth-order valence-electron chi connectivity index (χ4n) is 9.70. The normalized spacial score (nSPS) is 18.0. The van der Waals surface area contributed by atoms with Gasteiger partial charge in [-0.15, -0.1) is 0 Å². The SMILES string of the molecule is COC(=O)C1CC(=O)N(c2cc(F)cc(C#N)c2)C1.COC(=O)C1CNC(=O)C1.COC(=O)[C@@H]1CC(=O)N(c2cc(F)cc(C#N)c2)C1.COC(=O)[C@H]1CC(=O)N(c2cc(F)cc(C#N)c2)C1.N#Cc1cc(F)cc(Br)c1.N#Cc1cc(F)cc(N2C[C@@H](C(=O)O)CC2=O)c1. The number of carbonyl (C=O) groups excluding carboxylic acids is 9. The first-order valence-corrected chi connectivity index (χ1v) is 28.6. The summed E-state index contributed by atoms with van der Waals surface area (Å²) in [5.74, 6) is -9.58. The molecule has 492 valence electrons. The number of nitriles is 5. The van der Waals surface area contributed by atoms with E-state index in [4.69, 9.17) is 31.4 Å². The fourth-order valence-corrected chi connectivity index (χ4v) is 10.2. The predicted octanol–water partition coefficient (Wildman–Crippen LogP) is 6.56. The smallest absolute Gasteiger partial charge is 0.311 e. The van der Waals surface area contributed by atoms with E-state index in [9.17, 15) is 69.9 Å². The average molecular weight is 1380 g/mol. The van der Waals surface area contributed by atoms with E-state index in [1.54, 1.807) is 12.1 Å². The first-order chi connectivity index (χ1) is 45.1. The van der Waals surface area contributed by atoms with Crippen LogP contribution in [0.4, 0.5) is 44.7 Å². The van der Waals surface area contributed by atoms with Crippen LogP contribution in [0.1, 0.15) is 59.9 Å². The summed E-state index contributed by atoms with van der Waals surface area (Å²) in [5, 5.41) is 54.8. The van der Waals surface area contributed by atoms with Gasteiger partial charge in [0.25, 0.3) is 0 Å². The number of benzene rings is 5. The minimum absolute atomic E-state index is 0.00247. The topological polar surface area (TPSA) is 372 Å². The number of hydrogen-bond acceptors (Lipinski definition) is 19. The van der Waals surface area contributed by atoms with Gasteiger partial charge in [-0.3, -0.25) is 47.9 Å². The number of anilines is 4. The van der Waals surface area contributed by atoms with E-state index in [2.05, 4.69) is 40.2 Å². The lowest BCUT2D eigenvalue weighted by Crippen LogP contribution is -2.26. The highest BCUT2D eigenvalue weighted by Crippen LogP contribution is 2.31. The maximum absolute atomic E-state index is 13.3. The Morgan fingerprint density at radius 3 is 0.895 bits per heavy atom. The number of methoxy groups -OCH3 is 4. The molecule has 2 N–H and O–H groups in total. The third-order valence-corrected chi connectivity index (χ3v) is 14.7. The zero-order chi connectivity index (χ0) is 70.4. The van der Waals surface area contributed by atoms with E-state index < -0.39 is 76.6 Å². The predicted molar refractivity (Wildman–Crippen MR) is 322 cm³/mol. The van der Waals surface area contributed by atoms with Crippen LogP contribution in [0.3, 0.4) is 0 Å². The Bertz CT molecular complexity index is 3780. The molecule has 0 saturated carbocycles. The first kappa shape index (κ1) is 74.1. The molecule has 0 aromatic heterocycles. The highest BCUT2D eigenvalue weighted by Gasteiger charge is 2.39. The molecule has 0 aliphatic carbocycles. The van der Waals surface area contributed by atoms with E-state index in [1.807, 2.05) is 24.3 Å². The number of hydrogen-bond donors (Lipinski definition) is 2. The van der Waals surface area contributed by atoms with Gasteiger partial charge in [-0.05, 0) is 91.0 Å². The van der Waals surface area contributed by atoms with Gasteiger partial charge in [0.05, 0.1) is 116 Å². The van der Waals surface area contributed by atoms with Crippen LogP contribution in [-0.2, 0) is 66.9 Å². The molecule has 31 heteroatoms. The first-order valence-electron chi connectivity index (χ1n) is 27.8. The van der Waals surface area contributed by atoms with Crippen molar-refractivity contribution in [3.05, 3.63) is 152 Å². The molecule has 5 heterocycles. The van der Waals surface area contributed by atoms with Gasteiger partial charge in [0.2, 0.25) is 29.5 Å². The Morgan fingerprint density at radius 1 is 0.411 bits per heavy atom. The van der Waals surface area contributed by atoms with E-state index >= 15 is 0 Å². The second-order valence-electron chi connectivity index (χ2n) is 20.8. The monoisotopic (exact) mass is 1380 g/mol. The van der Waals surface area contributed by atoms with Crippen molar-refractivity contribution in [2.24, 2.45) is 29.6 Å². The zero-order valence-corrected chi connectivity index (χ0v) is 52.2. The number of aliphatic carboxylic acids is 1. The summed E-state index contributed by atoms with van der Waals surface area (Å²) in [6.45, 7) is 0.841. The summed E-state index contributed by atoms with van der Waals surface area (Å²) in [5.41, 5.74) is 1.88. The van der Waals surface area contributed by atoms with E-state index in [0.717, 1.165) is 30.3 Å². The molecule has 5 amide bonds. The molecule has 5 aliphatic heterocycles. The average Bonchev–Trinajstić information content (AvgIpc) is 1.71. The van der Waals surface area contributed by atoms with Gasteiger partial charge in [-0.2, -0.15) is 26.3 Å². The van der Waals surface area contributed by atoms with Gasteiger partial charge in [0.1, 0.15) is 29.1 Å². The third-order valence-electron chi connectivity index (χ3n) is 14.2. The molecule has 0 radical (unpaired) electrons. The minimum Gasteiger partial charge on any atom is -0.481 e. The molecule has 25 nitrogen and oxygen atoms in total. The molecular formula is C64H54BrF5N10O15. The second-order valence-corrected chi connectivity index (χ2v) is 21.7. The van der Waals surface area contributed by atoms with E-state index in [0.29, 0.717) is 16.6 Å². The van der Waals surface area contributed by atoms with Crippen molar-refractivity contribution in [1.29, 1.82) is 26.3 Å². The standard InChI is InChI=1S/3C13H11FN2O3.C12H9FN2O3.C7H3BrFN.C6H9NO3/c3*1-19-13(18)9-4-12(17)16(7-9)11-3-8(6-15)2-10(14)5-11;13-9-1-7(5-14)2-10(4-9)15-6-8(12(17)18)3-11(15)16;8-6-1-5(4-10)2-7(9)3-6;1-10-6(9)4-2-5(8)7-3-4/h3*2-3,5,9H,4,7H2,1H3;1-2,4,8H,3,6H2,(H,17,18);1-3H;4H,2-3H2,1H3,(H,7,8)/t2*9-;;8-;;/m10.0../s1. The van der Waals surface area contributed by atoms with Crippen molar-refractivity contribution in [3.63, 3.8) is 0 Å². The summed E-state index contributed by atoms with van der Waals surface area (Å²) in [6, 6.07) is 27.7. The van der Waals surface area contributed by atoms with Gasteiger partial charge in [0, 0.05) is 92.1 Å². The Balaban J connectivity index is 0.000000210. The highest BCUT2D eigenvalue weighted by molar-refractivity contribution is 9.10. The molecule has 5 aliphatic rings. The number of ether oxygens (including phenoxy) is 4. The Morgan fingerprint density at radius 2 is 0.663 bits per heavy atom. The van der Waals surface area contributed by atoms with Gasteiger partial charge in [-0.25, -0.2) is 22.0 Å². The van der Waals surface area contributed by atoms with Gasteiger partial charge < -0.3 is 49.0 Å². The number of esters is 4. The molecule has 5 atom stereocenters. The number of carboxylic acid groups (broad SMARTS) is 1. The molecule has 5 saturated heterocycles. The lowest BCUT2D eigenvalue weighted by molar-refractivity contribution is -0.145. The van der Waals surface area contributed by atoms with Crippen molar-refractivity contribution >= 4 is 98.1 Å². The number of amides is 5. The minimum atomic E-state index is -1.05. The van der Waals surface area contributed by atoms with Crippen LogP contribution in [0.25, 0.3) is 0 Å². The van der Waals surface area contributed by atoms with Crippen LogP contribution in [0, 0.1) is 115 Å². The number of nitrogens with zero attached hydrogens (tertiary/aromatic N) is 9. The molecule has 95 heavy (non-hydrogen) atoms. The van der Waals surface area contributed by atoms with Crippen molar-refractivity contribution in [3.8, 4) is 30.3 Å². The largest absolute Gasteiger partial charge is 0.481 e. The summed E-state index contributed by atoms with van der Waals surface area (Å²) in [4.78, 5) is 119. The van der Waals surface area contributed by atoms with Crippen molar-refractivity contribution < 1.29 is 94.0 Å². The molecule has 0 spiro atoms. The molecule has 2 unspecified atom stereocenters. The summed E-state index contributed by atoms with van der Waals surface area (Å²) >= 11 is 3.06. The highest BCUT2D eigenvalue weighted by atomic mass is 79.9. The molecule has 10 rings (SSSR count). The fraction of sp³-hybridized carbons (Fsp3) is 0.297. The zero-order valence-electron chi connectivity index (χ0n) is 50.6. The molecule has 5 aromatic carbocycles. The lowest BCUT2D eigenvalue weighted by atomic mass is 10.1. The number of nitrogens with one attached hydrogen (secondary N) is 1. The van der Waals surface area contributed by atoms with Crippen LogP contribution in [-0.4, -0.2) is 126 Å².